The summed E-state index contributed by atoms with van der Waals surface area (Å²) in [6.07, 6.45) is 4.08. The number of carbonyl (C=O) groups is 2. The first-order valence-corrected chi connectivity index (χ1v) is 10.2. The van der Waals surface area contributed by atoms with Crippen molar-refractivity contribution in [3.8, 4) is 0 Å². The van der Waals surface area contributed by atoms with Gasteiger partial charge in [-0.3, -0.25) is 9.59 Å². The number of nitrogens with one attached hydrogen (secondary N) is 2. The Morgan fingerprint density at radius 3 is 2.33 bits per heavy atom. The number of amides is 2. The predicted molar refractivity (Wildman–Crippen MR) is 107 cm³/mol. The molecule has 6 heteroatoms. The molecule has 1 aliphatic carbocycles. The molecule has 1 aromatic rings. The van der Waals surface area contributed by atoms with Crippen LogP contribution in [0, 0.1) is 11.8 Å². The van der Waals surface area contributed by atoms with Crippen molar-refractivity contribution in [1.82, 2.24) is 5.32 Å². The van der Waals surface area contributed by atoms with Crippen LogP contribution in [0.4, 0.5) is 11.4 Å². The summed E-state index contributed by atoms with van der Waals surface area (Å²) in [7, 11) is 0. The van der Waals surface area contributed by atoms with E-state index in [1.807, 2.05) is 18.2 Å². The minimum absolute atomic E-state index is 0.0158. The Kier molecular flexibility index (Phi) is 7.10. The molecule has 6 nitrogen and oxygen atoms in total. The van der Waals surface area contributed by atoms with E-state index in [-0.39, 0.29) is 23.7 Å². The molecule has 0 spiro atoms. The van der Waals surface area contributed by atoms with Crippen LogP contribution in [0.3, 0.4) is 0 Å². The average Bonchev–Trinajstić information content (AvgIpc) is 2.73. The van der Waals surface area contributed by atoms with Crippen molar-refractivity contribution >= 4 is 23.2 Å². The zero-order valence-corrected chi connectivity index (χ0v) is 16.2. The van der Waals surface area contributed by atoms with Crippen molar-refractivity contribution in [2.24, 2.45) is 11.8 Å². The molecule has 0 unspecified atom stereocenters. The van der Waals surface area contributed by atoms with E-state index in [1.165, 1.54) is 0 Å². The Morgan fingerprint density at radius 1 is 1.04 bits per heavy atom. The van der Waals surface area contributed by atoms with E-state index >= 15 is 0 Å². The second-order valence-electron chi connectivity index (χ2n) is 7.45. The minimum atomic E-state index is -0.0158. The van der Waals surface area contributed by atoms with Gasteiger partial charge in [0.2, 0.25) is 11.8 Å². The number of morpholine rings is 1. The highest BCUT2D eigenvalue weighted by Crippen LogP contribution is 2.32. The minimum Gasteiger partial charge on any atom is -0.378 e. The molecule has 2 N–H and O–H groups in total. The van der Waals surface area contributed by atoms with Gasteiger partial charge in [0, 0.05) is 31.5 Å². The van der Waals surface area contributed by atoms with Crippen LogP contribution >= 0.6 is 0 Å². The number of nitrogens with zero attached hydrogens (tertiary/aromatic N) is 1. The standard InChI is InChI=1S/C21H31N3O3/c1-2-11-22-20(25)16-7-9-17(10-8-16)21(26)23-18-5-3-4-6-19(18)24-12-14-27-15-13-24/h3-6,16-17H,2,7-15H2,1H3,(H,22,25)(H,23,26). The highest BCUT2D eigenvalue weighted by Gasteiger charge is 2.30. The molecule has 0 atom stereocenters. The van der Waals surface area contributed by atoms with E-state index in [9.17, 15) is 9.59 Å². The maximum absolute atomic E-state index is 12.8. The molecular weight excluding hydrogens is 342 g/mol. The Labute approximate surface area is 161 Å². The summed E-state index contributed by atoms with van der Waals surface area (Å²) in [5.74, 6) is 0.260. The molecule has 2 amide bonds. The van der Waals surface area contributed by atoms with Crippen molar-refractivity contribution in [3.63, 3.8) is 0 Å². The van der Waals surface area contributed by atoms with Crippen molar-refractivity contribution < 1.29 is 14.3 Å². The molecule has 1 saturated heterocycles. The lowest BCUT2D eigenvalue weighted by Gasteiger charge is -2.31. The fourth-order valence-corrected chi connectivity index (χ4v) is 3.90. The topological polar surface area (TPSA) is 70.7 Å². The first-order chi connectivity index (χ1) is 13.2. The van der Waals surface area contributed by atoms with Gasteiger partial charge in [0.05, 0.1) is 24.6 Å². The molecule has 1 heterocycles. The molecule has 2 aliphatic rings. The maximum atomic E-state index is 12.8. The monoisotopic (exact) mass is 373 g/mol. The van der Waals surface area contributed by atoms with Crippen LogP contribution < -0.4 is 15.5 Å². The van der Waals surface area contributed by atoms with E-state index < -0.39 is 0 Å². The predicted octanol–water partition coefficient (Wildman–Crippen LogP) is 2.79. The van der Waals surface area contributed by atoms with Crippen LogP contribution in [0.25, 0.3) is 0 Å². The van der Waals surface area contributed by atoms with E-state index in [0.717, 1.165) is 63.1 Å². The quantitative estimate of drug-likeness (QED) is 0.804. The summed E-state index contributed by atoms with van der Waals surface area (Å²) in [6, 6.07) is 7.97. The third-order valence-electron chi connectivity index (χ3n) is 5.53. The van der Waals surface area contributed by atoms with E-state index in [1.54, 1.807) is 0 Å². The summed E-state index contributed by atoms with van der Waals surface area (Å²) in [4.78, 5) is 27.2. The zero-order valence-electron chi connectivity index (χ0n) is 16.2. The normalized spacial score (nSPS) is 22.9. The maximum Gasteiger partial charge on any atom is 0.227 e. The van der Waals surface area contributed by atoms with Gasteiger partial charge in [0.1, 0.15) is 0 Å². The fourth-order valence-electron chi connectivity index (χ4n) is 3.90. The van der Waals surface area contributed by atoms with Gasteiger partial charge in [-0.05, 0) is 44.2 Å². The fraction of sp³-hybridized carbons (Fsp3) is 0.619. The SMILES string of the molecule is CCCNC(=O)C1CCC(C(=O)Nc2ccccc2N2CCOCC2)CC1. The highest BCUT2D eigenvalue weighted by atomic mass is 16.5. The lowest BCUT2D eigenvalue weighted by molar-refractivity contribution is -0.128. The van der Waals surface area contributed by atoms with E-state index in [0.29, 0.717) is 13.2 Å². The zero-order chi connectivity index (χ0) is 19.1. The van der Waals surface area contributed by atoms with Gasteiger partial charge in [0.25, 0.3) is 0 Å². The molecule has 0 aromatic heterocycles. The van der Waals surface area contributed by atoms with Gasteiger partial charge >= 0.3 is 0 Å². The van der Waals surface area contributed by atoms with Crippen molar-refractivity contribution in [2.45, 2.75) is 39.0 Å². The van der Waals surface area contributed by atoms with Gasteiger partial charge < -0.3 is 20.3 Å². The number of hydrogen-bond donors (Lipinski definition) is 2. The lowest BCUT2D eigenvalue weighted by Crippen LogP contribution is -2.37. The van der Waals surface area contributed by atoms with Crippen LogP contribution in [0.5, 0.6) is 0 Å². The van der Waals surface area contributed by atoms with Gasteiger partial charge in [-0.25, -0.2) is 0 Å². The summed E-state index contributed by atoms with van der Waals surface area (Å²) in [5, 5.41) is 6.11. The average molecular weight is 373 g/mol. The summed E-state index contributed by atoms with van der Waals surface area (Å²) >= 11 is 0. The van der Waals surface area contributed by atoms with E-state index in [4.69, 9.17) is 4.74 Å². The molecule has 1 aliphatic heterocycles. The number of carbonyl (C=O) groups excluding carboxylic acids is 2. The second kappa shape index (κ2) is 9.74. The van der Waals surface area contributed by atoms with Crippen LogP contribution in [0.15, 0.2) is 24.3 Å². The van der Waals surface area contributed by atoms with Crippen LogP contribution in [0.1, 0.15) is 39.0 Å². The summed E-state index contributed by atoms with van der Waals surface area (Å²) < 4.78 is 5.43. The molecule has 1 aromatic carbocycles. The molecule has 27 heavy (non-hydrogen) atoms. The molecule has 3 rings (SSSR count). The number of rotatable bonds is 6. The molecular formula is C21H31N3O3. The van der Waals surface area contributed by atoms with Crippen LogP contribution in [-0.4, -0.2) is 44.7 Å². The van der Waals surface area contributed by atoms with Gasteiger partial charge in [0.15, 0.2) is 0 Å². The van der Waals surface area contributed by atoms with Crippen molar-refractivity contribution in [1.29, 1.82) is 0 Å². The molecule has 0 bridgehead atoms. The smallest absolute Gasteiger partial charge is 0.227 e. The molecule has 2 fully saturated rings. The highest BCUT2D eigenvalue weighted by molar-refractivity contribution is 5.96. The van der Waals surface area contributed by atoms with Crippen molar-refractivity contribution in [2.75, 3.05) is 43.1 Å². The number of para-hydroxylation sites is 2. The number of ether oxygens (including phenoxy) is 1. The Hall–Kier alpha value is -2.08. The second-order valence-corrected chi connectivity index (χ2v) is 7.45. The molecule has 0 radical (unpaired) electrons. The Bertz CT molecular complexity index is 635. The number of hydrogen-bond acceptors (Lipinski definition) is 4. The Morgan fingerprint density at radius 2 is 1.67 bits per heavy atom. The third kappa shape index (κ3) is 5.22. The Balaban J connectivity index is 1.55. The van der Waals surface area contributed by atoms with Crippen LogP contribution in [0.2, 0.25) is 0 Å². The van der Waals surface area contributed by atoms with E-state index in [2.05, 4.69) is 28.5 Å². The molecule has 1 saturated carbocycles. The first kappa shape index (κ1) is 19.7. The van der Waals surface area contributed by atoms with Gasteiger partial charge in [-0.2, -0.15) is 0 Å². The number of benzene rings is 1. The summed E-state index contributed by atoms with van der Waals surface area (Å²) in [5.41, 5.74) is 1.92. The van der Waals surface area contributed by atoms with Gasteiger partial charge in [-0.15, -0.1) is 0 Å². The van der Waals surface area contributed by atoms with Crippen LogP contribution in [-0.2, 0) is 14.3 Å². The first-order valence-electron chi connectivity index (χ1n) is 10.2. The van der Waals surface area contributed by atoms with Gasteiger partial charge in [-0.1, -0.05) is 19.1 Å². The number of anilines is 2. The van der Waals surface area contributed by atoms with Crippen molar-refractivity contribution in [3.05, 3.63) is 24.3 Å². The lowest BCUT2D eigenvalue weighted by atomic mass is 9.81. The summed E-state index contributed by atoms with van der Waals surface area (Å²) in [6.45, 7) is 5.89. The third-order valence-corrected chi connectivity index (χ3v) is 5.53. The molecule has 148 valence electrons. The largest absolute Gasteiger partial charge is 0.378 e.